The molecule has 1 aliphatic heterocycles. The van der Waals surface area contributed by atoms with E-state index in [1.54, 1.807) is 12.1 Å². The molecule has 94 valence electrons. The Bertz CT molecular complexity index is 523. The summed E-state index contributed by atoms with van der Waals surface area (Å²) in [6, 6.07) is 5.26. The second-order valence-corrected chi connectivity index (χ2v) is 6.45. The van der Waals surface area contributed by atoms with Gasteiger partial charge in [0.15, 0.2) is 0 Å². The molecule has 0 aromatic heterocycles. The summed E-state index contributed by atoms with van der Waals surface area (Å²) in [6.07, 6.45) is 0.990. The van der Waals surface area contributed by atoms with Gasteiger partial charge in [-0.3, -0.25) is 0 Å². The summed E-state index contributed by atoms with van der Waals surface area (Å²) in [4.78, 5) is 2.43. The van der Waals surface area contributed by atoms with Gasteiger partial charge in [0, 0.05) is 25.3 Å². The lowest BCUT2D eigenvalue weighted by Gasteiger charge is -2.14. The average molecular weight is 254 g/mol. The van der Waals surface area contributed by atoms with E-state index in [9.17, 15) is 8.42 Å². The molecule has 0 radical (unpaired) electrons. The first-order valence-corrected chi connectivity index (χ1v) is 7.25. The van der Waals surface area contributed by atoms with Crippen molar-refractivity contribution >= 4 is 15.7 Å². The Hall–Kier alpha value is -1.07. The number of nitrogens with one attached hydrogen (secondary N) is 1. The van der Waals surface area contributed by atoms with Crippen molar-refractivity contribution < 1.29 is 8.42 Å². The number of hydrogen-bond donors (Lipinski definition) is 1. The summed E-state index contributed by atoms with van der Waals surface area (Å²) >= 11 is 0. The summed E-state index contributed by atoms with van der Waals surface area (Å²) in [6.45, 7) is 4.59. The summed E-state index contributed by atoms with van der Waals surface area (Å²) in [5.41, 5.74) is 2.24. The Morgan fingerprint density at radius 2 is 2.06 bits per heavy atom. The quantitative estimate of drug-likeness (QED) is 0.886. The SMILES string of the molecule is CC(C)NS(=O)(=O)c1ccc2c(c1)N(C)CC2. The fourth-order valence-corrected chi connectivity index (χ4v) is 3.34. The van der Waals surface area contributed by atoms with Gasteiger partial charge in [0.25, 0.3) is 0 Å². The van der Waals surface area contributed by atoms with E-state index in [-0.39, 0.29) is 6.04 Å². The van der Waals surface area contributed by atoms with Crippen LogP contribution in [0.5, 0.6) is 0 Å². The number of nitrogens with zero attached hydrogens (tertiary/aromatic N) is 1. The van der Waals surface area contributed by atoms with Gasteiger partial charge >= 0.3 is 0 Å². The monoisotopic (exact) mass is 254 g/mol. The van der Waals surface area contributed by atoms with Gasteiger partial charge in [0.1, 0.15) is 0 Å². The van der Waals surface area contributed by atoms with E-state index < -0.39 is 10.0 Å². The van der Waals surface area contributed by atoms with Crippen LogP contribution in [0.3, 0.4) is 0 Å². The van der Waals surface area contributed by atoms with Crippen LogP contribution in [-0.4, -0.2) is 28.1 Å². The van der Waals surface area contributed by atoms with Gasteiger partial charge in [0.05, 0.1) is 4.90 Å². The highest BCUT2D eigenvalue weighted by Gasteiger charge is 2.21. The van der Waals surface area contributed by atoms with Crippen molar-refractivity contribution in [3.63, 3.8) is 0 Å². The van der Waals surface area contributed by atoms with Crippen molar-refractivity contribution in [2.45, 2.75) is 31.2 Å². The molecule has 0 unspecified atom stereocenters. The van der Waals surface area contributed by atoms with Crippen LogP contribution in [0.1, 0.15) is 19.4 Å². The molecule has 0 saturated heterocycles. The molecule has 1 N–H and O–H groups in total. The molecule has 0 atom stereocenters. The van der Waals surface area contributed by atoms with Crippen LogP contribution in [-0.2, 0) is 16.4 Å². The molecule has 5 heteroatoms. The van der Waals surface area contributed by atoms with Gasteiger partial charge in [0.2, 0.25) is 10.0 Å². The summed E-state index contributed by atoms with van der Waals surface area (Å²) in [5, 5.41) is 0. The number of likely N-dealkylation sites (N-methyl/N-ethyl adjacent to an activating group) is 1. The highest BCUT2D eigenvalue weighted by molar-refractivity contribution is 7.89. The largest absolute Gasteiger partial charge is 0.374 e. The summed E-state index contributed by atoms with van der Waals surface area (Å²) in [5.74, 6) is 0. The zero-order valence-electron chi connectivity index (χ0n) is 10.4. The number of hydrogen-bond acceptors (Lipinski definition) is 3. The van der Waals surface area contributed by atoms with Crippen molar-refractivity contribution in [2.24, 2.45) is 0 Å². The second kappa shape index (κ2) is 4.31. The summed E-state index contributed by atoms with van der Waals surface area (Å²) in [7, 11) is -1.40. The molecule has 1 aromatic carbocycles. The van der Waals surface area contributed by atoms with Crippen LogP contribution in [0.2, 0.25) is 0 Å². The molecule has 2 rings (SSSR count). The van der Waals surface area contributed by atoms with Gasteiger partial charge < -0.3 is 4.90 Å². The van der Waals surface area contributed by atoms with E-state index in [2.05, 4.69) is 9.62 Å². The number of sulfonamides is 1. The van der Waals surface area contributed by atoms with E-state index in [4.69, 9.17) is 0 Å². The first-order chi connectivity index (χ1) is 7.90. The lowest BCUT2D eigenvalue weighted by atomic mass is 10.2. The smallest absolute Gasteiger partial charge is 0.240 e. The minimum absolute atomic E-state index is 0.0917. The van der Waals surface area contributed by atoms with Gasteiger partial charge in [-0.1, -0.05) is 6.07 Å². The topological polar surface area (TPSA) is 49.4 Å². The Kier molecular flexibility index (Phi) is 3.14. The van der Waals surface area contributed by atoms with Crippen LogP contribution in [0.25, 0.3) is 0 Å². The van der Waals surface area contributed by atoms with Crippen LogP contribution >= 0.6 is 0 Å². The minimum Gasteiger partial charge on any atom is -0.374 e. The molecular formula is C12H18N2O2S. The van der Waals surface area contributed by atoms with E-state index in [0.717, 1.165) is 18.7 Å². The molecule has 4 nitrogen and oxygen atoms in total. The predicted molar refractivity (Wildman–Crippen MR) is 68.9 cm³/mol. The predicted octanol–water partition coefficient (Wildman–Crippen LogP) is 1.37. The van der Waals surface area contributed by atoms with E-state index in [1.807, 2.05) is 27.0 Å². The van der Waals surface area contributed by atoms with E-state index >= 15 is 0 Å². The number of anilines is 1. The Balaban J connectivity index is 2.38. The average Bonchev–Trinajstić information content (AvgIpc) is 2.58. The van der Waals surface area contributed by atoms with E-state index in [0.29, 0.717) is 4.90 Å². The first kappa shape index (κ1) is 12.4. The number of benzene rings is 1. The first-order valence-electron chi connectivity index (χ1n) is 5.76. The van der Waals surface area contributed by atoms with Crippen LogP contribution < -0.4 is 9.62 Å². The molecule has 1 aromatic rings. The van der Waals surface area contributed by atoms with Crippen molar-refractivity contribution in [3.8, 4) is 0 Å². The molecular weight excluding hydrogens is 236 g/mol. The zero-order valence-corrected chi connectivity index (χ0v) is 11.2. The fourth-order valence-electron chi connectivity index (χ4n) is 2.06. The molecule has 0 fully saturated rings. The van der Waals surface area contributed by atoms with Gasteiger partial charge in [-0.15, -0.1) is 0 Å². The lowest BCUT2D eigenvalue weighted by Crippen LogP contribution is -2.30. The molecule has 0 bridgehead atoms. The third-order valence-corrected chi connectivity index (χ3v) is 4.54. The van der Waals surface area contributed by atoms with Crippen LogP contribution in [0.4, 0.5) is 5.69 Å². The zero-order chi connectivity index (χ0) is 12.6. The second-order valence-electron chi connectivity index (χ2n) is 4.74. The molecule has 0 spiro atoms. The minimum atomic E-state index is -3.38. The standard InChI is InChI=1S/C12H18N2O2S/c1-9(2)13-17(15,16)11-5-4-10-6-7-14(3)12(10)8-11/h4-5,8-9,13H,6-7H2,1-3H3. The highest BCUT2D eigenvalue weighted by Crippen LogP contribution is 2.29. The van der Waals surface area contributed by atoms with Gasteiger partial charge in [-0.05, 0) is 38.0 Å². The third kappa shape index (κ3) is 2.45. The Labute approximate surface area is 103 Å². The maximum absolute atomic E-state index is 12.0. The molecule has 1 heterocycles. The van der Waals surface area contributed by atoms with Crippen molar-refractivity contribution in [1.82, 2.24) is 4.72 Å². The number of rotatable bonds is 3. The van der Waals surface area contributed by atoms with Crippen molar-refractivity contribution in [3.05, 3.63) is 23.8 Å². The molecule has 1 aliphatic rings. The Morgan fingerprint density at radius 1 is 1.35 bits per heavy atom. The highest BCUT2D eigenvalue weighted by atomic mass is 32.2. The van der Waals surface area contributed by atoms with Crippen molar-refractivity contribution in [1.29, 1.82) is 0 Å². The van der Waals surface area contributed by atoms with Gasteiger partial charge in [-0.2, -0.15) is 0 Å². The van der Waals surface area contributed by atoms with Crippen molar-refractivity contribution in [2.75, 3.05) is 18.5 Å². The molecule has 0 aliphatic carbocycles. The normalized spacial score (nSPS) is 15.4. The maximum Gasteiger partial charge on any atom is 0.240 e. The Morgan fingerprint density at radius 3 is 2.71 bits per heavy atom. The van der Waals surface area contributed by atoms with Crippen LogP contribution in [0.15, 0.2) is 23.1 Å². The molecule has 17 heavy (non-hydrogen) atoms. The lowest BCUT2D eigenvalue weighted by molar-refractivity contribution is 0.570. The molecule has 0 saturated carbocycles. The molecule has 0 amide bonds. The summed E-state index contributed by atoms with van der Waals surface area (Å²) < 4.78 is 26.6. The fraction of sp³-hybridized carbons (Fsp3) is 0.500. The van der Waals surface area contributed by atoms with Gasteiger partial charge in [-0.25, -0.2) is 13.1 Å². The number of fused-ring (bicyclic) bond motifs is 1. The maximum atomic E-state index is 12.0. The third-order valence-electron chi connectivity index (χ3n) is 2.89. The van der Waals surface area contributed by atoms with Crippen LogP contribution in [0, 0.1) is 0 Å². The van der Waals surface area contributed by atoms with E-state index in [1.165, 1.54) is 5.56 Å².